The first-order valence-electron chi connectivity index (χ1n) is 7.14. The summed E-state index contributed by atoms with van der Waals surface area (Å²) in [6.07, 6.45) is 2.31. The van der Waals surface area contributed by atoms with Crippen molar-refractivity contribution in [3.8, 4) is 0 Å². The van der Waals surface area contributed by atoms with E-state index < -0.39 is 0 Å². The van der Waals surface area contributed by atoms with E-state index in [4.69, 9.17) is 4.74 Å². The lowest BCUT2D eigenvalue weighted by Crippen LogP contribution is -2.24. The highest BCUT2D eigenvalue weighted by Gasteiger charge is 2.10. The van der Waals surface area contributed by atoms with Gasteiger partial charge in [0, 0.05) is 25.5 Å². The van der Waals surface area contributed by atoms with Gasteiger partial charge in [-0.3, -0.25) is 0 Å². The van der Waals surface area contributed by atoms with Crippen LogP contribution in [0.25, 0.3) is 0 Å². The molecule has 1 rings (SSSR count). The van der Waals surface area contributed by atoms with E-state index in [2.05, 4.69) is 43.4 Å². The number of hydrogen-bond donors (Lipinski definition) is 1. The third kappa shape index (κ3) is 7.00. The highest BCUT2D eigenvalue weighted by Crippen LogP contribution is 2.19. The van der Waals surface area contributed by atoms with E-state index >= 15 is 0 Å². The van der Waals surface area contributed by atoms with Crippen molar-refractivity contribution in [1.29, 1.82) is 0 Å². The predicted octanol–water partition coefficient (Wildman–Crippen LogP) is 3.81. The van der Waals surface area contributed by atoms with Crippen LogP contribution in [0.4, 0.5) is 0 Å². The molecule has 2 nitrogen and oxygen atoms in total. The third-order valence-corrected chi connectivity index (χ3v) is 4.19. The monoisotopic (exact) mass is 281 g/mol. The fourth-order valence-corrected chi connectivity index (χ4v) is 2.93. The maximum absolute atomic E-state index is 5.08. The topological polar surface area (TPSA) is 21.3 Å². The number of hydrogen-bond acceptors (Lipinski definition) is 3. The van der Waals surface area contributed by atoms with Gasteiger partial charge in [0.25, 0.3) is 0 Å². The van der Waals surface area contributed by atoms with Gasteiger partial charge in [-0.05, 0) is 37.6 Å². The number of rotatable bonds is 10. The second kappa shape index (κ2) is 10.3. The van der Waals surface area contributed by atoms with Crippen LogP contribution in [0, 0.1) is 6.92 Å². The molecular formula is C16H27NOS. The lowest BCUT2D eigenvalue weighted by molar-refractivity contribution is 0.200. The van der Waals surface area contributed by atoms with Gasteiger partial charge in [-0.15, -0.1) is 0 Å². The van der Waals surface area contributed by atoms with Crippen molar-refractivity contribution < 1.29 is 4.74 Å². The standard InChI is InChI=1S/C16H27NOS/c1-4-10-17-16(13-19-12-5-11-18-3)15-8-6-14(2)7-9-15/h6-9,16-17H,4-5,10-13H2,1-3H3. The molecule has 0 radical (unpaired) electrons. The van der Waals surface area contributed by atoms with Crippen LogP contribution < -0.4 is 5.32 Å². The van der Waals surface area contributed by atoms with Crippen LogP contribution >= 0.6 is 11.8 Å². The van der Waals surface area contributed by atoms with Gasteiger partial charge in [0.2, 0.25) is 0 Å². The Hall–Kier alpha value is -0.510. The van der Waals surface area contributed by atoms with Crippen molar-refractivity contribution in [1.82, 2.24) is 5.32 Å². The van der Waals surface area contributed by atoms with Crippen molar-refractivity contribution in [2.45, 2.75) is 32.7 Å². The van der Waals surface area contributed by atoms with E-state index in [9.17, 15) is 0 Å². The molecule has 0 amide bonds. The second-order valence-corrected chi connectivity index (χ2v) is 5.99. The zero-order valence-corrected chi connectivity index (χ0v) is 13.3. The number of thioether (sulfide) groups is 1. The average Bonchev–Trinajstić information content (AvgIpc) is 2.43. The van der Waals surface area contributed by atoms with Gasteiger partial charge in [0.15, 0.2) is 0 Å². The smallest absolute Gasteiger partial charge is 0.0470 e. The molecule has 0 spiro atoms. The lowest BCUT2D eigenvalue weighted by atomic mass is 10.1. The van der Waals surface area contributed by atoms with Gasteiger partial charge in [-0.25, -0.2) is 0 Å². The number of nitrogens with one attached hydrogen (secondary N) is 1. The van der Waals surface area contributed by atoms with Crippen molar-refractivity contribution in [2.24, 2.45) is 0 Å². The summed E-state index contributed by atoms with van der Waals surface area (Å²) in [7, 11) is 1.77. The summed E-state index contributed by atoms with van der Waals surface area (Å²) in [4.78, 5) is 0. The highest BCUT2D eigenvalue weighted by molar-refractivity contribution is 7.99. The second-order valence-electron chi connectivity index (χ2n) is 4.84. The molecule has 1 atom stereocenters. The van der Waals surface area contributed by atoms with Gasteiger partial charge in [-0.1, -0.05) is 36.8 Å². The van der Waals surface area contributed by atoms with Gasteiger partial charge >= 0.3 is 0 Å². The summed E-state index contributed by atoms with van der Waals surface area (Å²) in [5, 5.41) is 3.64. The molecule has 1 aromatic rings. The van der Waals surface area contributed by atoms with E-state index in [0.717, 1.165) is 25.3 Å². The summed E-state index contributed by atoms with van der Waals surface area (Å²) in [6.45, 7) is 6.30. The molecule has 0 fully saturated rings. The maximum Gasteiger partial charge on any atom is 0.0470 e. The van der Waals surface area contributed by atoms with Crippen molar-refractivity contribution in [2.75, 3.05) is 31.8 Å². The average molecular weight is 281 g/mol. The summed E-state index contributed by atoms with van der Waals surface area (Å²) < 4.78 is 5.08. The van der Waals surface area contributed by atoms with Crippen LogP contribution in [0.3, 0.4) is 0 Å². The molecule has 0 bridgehead atoms. The van der Waals surface area contributed by atoms with Gasteiger partial charge in [-0.2, -0.15) is 11.8 Å². The first-order chi connectivity index (χ1) is 9.27. The molecular weight excluding hydrogens is 254 g/mol. The molecule has 1 N–H and O–H groups in total. The fraction of sp³-hybridized carbons (Fsp3) is 0.625. The number of ether oxygens (including phenoxy) is 1. The molecule has 0 aromatic heterocycles. The first kappa shape index (κ1) is 16.5. The minimum Gasteiger partial charge on any atom is -0.385 e. The van der Waals surface area contributed by atoms with Crippen LogP contribution in [0.2, 0.25) is 0 Å². The van der Waals surface area contributed by atoms with Gasteiger partial charge in [0.1, 0.15) is 0 Å². The quantitative estimate of drug-likeness (QED) is 0.659. The Kier molecular flexibility index (Phi) is 8.97. The maximum atomic E-state index is 5.08. The van der Waals surface area contributed by atoms with Crippen molar-refractivity contribution in [3.63, 3.8) is 0 Å². The Balaban J connectivity index is 2.44. The predicted molar refractivity (Wildman–Crippen MR) is 86.0 cm³/mol. The molecule has 1 unspecified atom stereocenters. The molecule has 19 heavy (non-hydrogen) atoms. The minimum absolute atomic E-state index is 0.466. The highest BCUT2D eigenvalue weighted by atomic mass is 32.2. The van der Waals surface area contributed by atoms with E-state index in [1.54, 1.807) is 7.11 Å². The van der Waals surface area contributed by atoms with Crippen LogP contribution in [-0.2, 0) is 4.74 Å². The van der Waals surface area contributed by atoms with Crippen LogP contribution in [0.15, 0.2) is 24.3 Å². The SMILES string of the molecule is CCCNC(CSCCCOC)c1ccc(C)cc1. The zero-order chi connectivity index (χ0) is 13.9. The molecule has 0 aliphatic rings. The van der Waals surface area contributed by atoms with Crippen LogP contribution in [0.1, 0.15) is 36.9 Å². The van der Waals surface area contributed by atoms with Crippen molar-refractivity contribution >= 4 is 11.8 Å². The molecule has 0 aliphatic carbocycles. The number of benzene rings is 1. The molecule has 0 saturated carbocycles. The Morgan fingerprint density at radius 3 is 2.63 bits per heavy atom. The van der Waals surface area contributed by atoms with Crippen LogP contribution in [-0.4, -0.2) is 31.8 Å². The molecule has 1 aromatic carbocycles. The Morgan fingerprint density at radius 1 is 1.26 bits per heavy atom. The van der Waals surface area contributed by atoms with E-state index in [-0.39, 0.29) is 0 Å². The van der Waals surface area contributed by atoms with E-state index in [0.29, 0.717) is 6.04 Å². The number of methoxy groups -OCH3 is 1. The van der Waals surface area contributed by atoms with Gasteiger partial charge in [0.05, 0.1) is 0 Å². The fourth-order valence-electron chi connectivity index (χ4n) is 1.90. The van der Waals surface area contributed by atoms with E-state index in [1.165, 1.54) is 23.3 Å². The van der Waals surface area contributed by atoms with Crippen LogP contribution in [0.5, 0.6) is 0 Å². The van der Waals surface area contributed by atoms with Crippen molar-refractivity contribution in [3.05, 3.63) is 35.4 Å². The molecule has 3 heteroatoms. The summed E-state index contributed by atoms with van der Waals surface area (Å²) in [5.41, 5.74) is 2.73. The Bertz CT molecular complexity index is 326. The third-order valence-electron chi connectivity index (χ3n) is 3.04. The molecule has 0 saturated heterocycles. The summed E-state index contributed by atoms with van der Waals surface area (Å²) in [5.74, 6) is 2.30. The summed E-state index contributed by atoms with van der Waals surface area (Å²) >= 11 is 2.01. The minimum atomic E-state index is 0.466. The lowest BCUT2D eigenvalue weighted by Gasteiger charge is -2.19. The normalized spacial score (nSPS) is 12.6. The molecule has 0 aliphatic heterocycles. The van der Waals surface area contributed by atoms with E-state index in [1.807, 2.05) is 11.8 Å². The number of aryl methyl sites for hydroxylation is 1. The first-order valence-corrected chi connectivity index (χ1v) is 8.30. The Morgan fingerprint density at radius 2 is 2.00 bits per heavy atom. The molecule has 0 heterocycles. The molecule has 108 valence electrons. The Labute approximate surface area is 122 Å². The largest absolute Gasteiger partial charge is 0.385 e. The van der Waals surface area contributed by atoms with Gasteiger partial charge < -0.3 is 10.1 Å². The zero-order valence-electron chi connectivity index (χ0n) is 12.4. The summed E-state index contributed by atoms with van der Waals surface area (Å²) in [6, 6.07) is 9.36.